The number of carbonyl (C=O) groups is 3. The van der Waals surface area contributed by atoms with Crippen molar-refractivity contribution in [2.75, 3.05) is 21.3 Å². The largest absolute Gasteiger partial charge is 0.493 e. The maximum Gasteiger partial charge on any atom is 0.253 e. The Labute approximate surface area is 185 Å². The van der Waals surface area contributed by atoms with E-state index in [0.29, 0.717) is 27.7 Å². The highest BCUT2D eigenvalue weighted by Crippen LogP contribution is 2.39. The Hall–Kier alpha value is -3.20. The molecule has 1 unspecified atom stereocenters. The number of hydrogen-bond donors (Lipinski definition) is 2. The predicted molar refractivity (Wildman–Crippen MR) is 118 cm³/mol. The van der Waals surface area contributed by atoms with Gasteiger partial charge in [0.1, 0.15) is 6.04 Å². The molecule has 2 aromatic rings. The molecule has 0 aliphatic rings. The molecule has 0 saturated carbocycles. The van der Waals surface area contributed by atoms with Gasteiger partial charge in [-0.2, -0.15) is 0 Å². The second-order valence-electron chi connectivity index (χ2n) is 6.90. The zero-order chi connectivity index (χ0) is 23.1. The van der Waals surface area contributed by atoms with Crippen LogP contribution in [-0.2, 0) is 4.79 Å². The van der Waals surface area contributed by atoms with Gasteiger partial charge in [-0.1, -0.05) is 26.0 Å². The molecule has 0 fully saturated rings. The van der Waals surface area contributed by atoms with Crippen molar-refractivity contribution in [3.63, 3.8) is 0 Å². The van der Waals surface area contributed by atoms with E-state index in [2.05, 4.69) is 5.32 Å². The fourth-order valence-electron chi connectivity index (χ4n) is 2.89. The summed E-state index contributed by atoms with van der Waals surface area (Å²) in [4.78, 5) is 37.8. The molecular weight excluding hydrogens is 420 g/mol. The third-order valence-electron chi connectivity index (χ3n) is 4.49. The summed E-state index contributed by atoms with van der Waals surface area (Å²) in [5.41, 5.74) is 5.97. The molecule has 0 saturated heterocycles. The number of thioether (sulfide) groups is 1. The summed E-state index contributed by atoms with van der Waals surface area (Å²) in [6.45, 7) is 3.56. The van der Waals surface area contributed by atoms with Gasteiger partial charge in [0.15, 0.2) is 11.5 Å². The molecule has 2 aromatic carbocycles. The SMILES string of the molecule is COc1cc(C(=O)Sc2ccccc2C(=O)NC(C(N)=O)C(C)C)cc(OC)c1OC. The van der Waals surface area contributed by atoms with E-state index in [1.165, 1.54) is 21.3 Å². The van der Waals surface area contributed by atoms with Crippen molar-refractivity contribution in [3.05, 3.63) is 47.5 Å². The lowest BCUT2D eigenvalue weighted by atomic mass is 10.0. The van der Waals surface area contributed by atoms with Crippen LogP contribution >= 0.6 is 11.8 Å². The van der Waals surface area contributed by atoms with Crippen LogP contribution in [0.1, 0.15) is 34.6 Å². The number of nitrogens with two attached hydrogens (primary N) is 1. The smallest absolute Gasteiger partial charge is 0.253 e. The van der Waals surface area contributed by atoms with Crippen molar-refractivity contribution in [2.24, 2.45) is 11.7 Å². The Balaban J connectivity index is 2.33. The van der Waals surface area contributed by atoms with Crippen LogP contribution in [0.15, 0.2) is 41.3 Å². The van der Waals surface area contributed by atoms with E-state index in [-0.39, 0.29) is 16.6 Å². The van der Waals surface area contributed by atoms with Crippen LogP contribution < -0.4 is 25.3 Å². The second-order valence-corrected chi connectivity index (χ2v) is 7.91. The molecule has 1 atom stereocenters. The first kappa shape index (κ1) is 24.1. The van der Waals surface area contributed by atoms with Crippen LogP contribution in [0.5, 0.6) is 17.2 Å². The molecule has 0 aromatic heterocycles. The fraction of sp³-hybridized carbons (Fsp3) is 0.318. The molecule has 0 radical (unpaired) electrons. The molecule has 0 aliphatic carbocycles. The van der Waals surface area contributed by atoms with Gasteiger partial charge in [-0.05, 0) is 41.9 Å². The van der Waals surface area contributed by atoms with Gasteiger partial charge in [0.05, 0.1) is 26.9 Å². The van der Waals surface area contributed by atoms with E-state index < -0.39 is 17.9 Å². The summed E-state index contributed by atoms with van der Waals surface area (Å²) >= 11 is 0.880. The minimum atomic E-state index is -0.823. The highest BCUT2D eigenvalue weighted by Gasteiger charge is 2.25. The Kier molecular flexibility index (Phi) is 8.32. The van der Waals surface area contributed by atoms with Gasteiger partial charge in [-0.25, -0.2) is 0 Å². The molecule has 3 N–H and O–H groups in total. The molecule has 31 heavy (non-hydrogen) atoms. The Bertz CT molecular complexity index is 951. The van der Waals surface area contributed by atoms with E-state index >= 15 is 0 Å². The number of ether oxygens (including phenoxy) is 3. The van der Waals surface area contributed by atoms with Crippen LogP contribution in [-0.4, -0.2) is 44.3 Å². The third-order valence-corrected chi connectivity index (χ3v) is 5.49. The molecule has 2 rings (SSSR count). The molecule has 2 amide bonds. The Morgan fingerprint density at radius 3 is 2.03 bits per heavy atom. The summed E-state index contributed by atoms with van der Waals surface area (Å²) < 4.78 is 15.9. The first-order valence-electron chi connectivity index (χ1n) is 9.44. The summed E-state index contributed by atoms with van der Waals surface area (Å²) in [6.07, 6.45) is 0. The van der Waals surface area contributed by atoms with Crippen LogP contribution in [0.4, 0.5) is 0 Å². The van der Waals surface area contributed by atoms with Gasteiger partial charge in [-0.3, -0.25) is 14.4 Å². The molecule has 0 heterocycles. The molecule has 0 bridgehead atoms. The van der Waals surface area contributed by atoms with Crippen molar-refractivity contribution in [3.8, 4) is 17.2 Å². The number of nitrogens with one attached hydrogen (secondary N) is 1. The van der Waals surface area contributed by atoms with Crippen molar-refractivity contribution in [2.45, 2.75) is 24.8 Å². The van der Waals surface area contributed by atoms with Gasteiger partial charge >= 0.3 is 0 Å². The minimum absolute atomic E-state index is 0.179. The normalized spacial score (nSPS) is 11.5. The van der Waals surface area contributed by atoms with Crippen LogP contribution in [0, 0.1) is 5.92 Å². The van der Waals surface area contributed by atoms with E-state index in [1.807, 2.05) is 0 Å². The lowest BCUT2D eigenvalue weighted by Crippen LogP contribution is -2.47. The molecular formula is C22H26N2O6S. The van der Waals surface area contributed by atoms with Crippen molar-refractivity contribution < 1.29 is 28.6 Å². The van der Waals surface area contributed by atoms with Crippen molar-refractivity contribution in [1.82, 2.24) is 5.32 Å². The van der Waals surface area contributed by atoms with E-state index in [1.54, 1.807) is 50.2 Å². The first-order valence-corrected chi connectivity index (χ1v) is 10.3. The number of hydrogen-bond acceptors (Lipinski definition) is 7. The maximum atomic E-state index is 13.0. The summed E-state index contributed by atoms with van der Waals surface area (Å²) in [6, 6.07) is 8.90. The van der Waals surface area contributed by atoms with Crippen LogP contribution in [0.2, 0.25) is 0 Å². The van der Waals surface area contributed by atoms with Crippen LogP contribution in [0.25, 0.3) is 0 Å². The highest BCUT2D eigenvalue weighted by molar-refractivity contribution is 8.14. The molecule has 166 valence electrons. The van der Waals surface area contributed by atoms with Crippen molar-refractivity contribution >= 4 is 28.7 Å². The second kappa shape index (κ2) is 10.7. The summed E-state index contributed by atoms with van der Waals surface area (Å²) in [5, 5.41) is 2.32. The first-order chi connectivity index (χ1) is 14.7. The van der Waals surface area contributed by atoms with E-state index in [0.717, 1.165) is 11.8 Å². The Morgan fingerprint density at radius 2 is 1.55 bits per heavy atom. The van der Waals surface area contributed by atoms with Crippen LogP contribution in [0.3, 0.4) is 0 Å². The maximum absolute atomic E-state index is 13.0. The number of carbonyl (C=O) groups excluding carboxylic acids is 3. The molecule has 0 spiro atoms. The highest BCUT2D eigenvalue weighted by atomic mass is 32.2. The minimum Gasteiger partial charge on any atom is -0.493 e. The van der Waals surface area contributed by atoms with Gasteiger partial charge in [0, 0.05) is 10.5 Å². The van der Waals surface area contributed by atoms with Crippen molar-refractivity contribution in [1.29, 1.82) is 0 Å². The summed E-state index contributed by atoms with van der Waals surface area (Å²) in [5.74, 6) is -0.226. The lowest BCUT2D eigenvalue weighted by Gasteiger charge is -2.19. The molecule has 8 nitrogen and oxygen atoms in total. The fourth-order valence-corrected chi connectivity index (χ4v) is 3.74. The third kappa shape index (κ3) is 5.69. The standard InChI is InChI=1S/C22H26N2O6S/c1-12(2)18(20(23)25)24-21(26)14-8-6-7-9-17(14)31-22(27)13-10-15(28-3)19(30-5)16(11-13)29-4/h6-12,18H,1-5H3,(H2,23,25)(H,24,26). The number of amides is 2. The lowest BCUT2D eigenvalue weighted by molar-refractivity contribution is -0.120. The predicted octanol–water partition coefficient (Wildman–Crippen LogP) is 2.88. The van der Waals surface area contributed by atoms with Gasteiger partial charge < -0.3 is 25.3 Å². The van der Waals surface area contributed by atoms with E-state index in [9.17, 15) is 14.4 Å². The number of rotatable bonds is 9. The van der Waals surface area contributed by atoms with Gasteiger partial charge in [0.2, 0.25) is 16.8 Å². The zero-order valence-corrected chi connectivity index (χ0v) is 18.9. The number of methoxy groups -OCH3 is 3. The molecule has 9 heteroatoms. The Morgan fingerprint density at radius 1 is 0.968 bits per heavy atom. The quantitative estimate of drug-likeness (QED) is 0.569. The number of benzene rings is 2. The van der Waals surface area contributed by atoms with Gasteiger partial charge in [0.25, 0.3) is 5.91 Å². The average Bonchev–Trinajstić information content (AvgIpc) is 2.75. The van der Waals surface area contributed by atoms with Gasteiger partial charge in [-0.15, -0.1) is 0 Å². The average molecular weight is 447 g/mol. The molecule has 0 aliphatic heterocycles. The zero-order valence-electron chi connectivity index (χ0n) is 18.1. The number of primary amides is 1. The monoisotopic (exact) mass is 446 g/mol. The summed E-state index contributed by atoms with van der Waals surface area (Å²) in [7, 11) is 4.40. The van der Waals surface area contributed by atoms with E-state index in [4.69, 9.17) is 19.9 Å². The topological polar surface area (TPSA) is 117 Å².